The van der Waals surface area contributed by atoms with Crippen LogP contribution in [-0.2, 0) is 20.7 Å². The zero-order chi connectivity index (χ0) is 49.3. The van der Waals surface area contributed by atoms with E-state index in [1.54, 1.807) is 12.3 Å². The van der Waals surface area contributed by atoms with Crippen LogP contribution in [0.15, 0.2) is 48.7 Å². The number of halogens is 2. The summed E-state index contributed by atoms with van der Waals surface area (Å²) in [5.74, 6) is -0.588. The number of aromatic amines is 1. The number of anilines is 1. The Kier molecular flexibility index (Phi) is 12.5. The average Bonchev–Trinajstić information content (AvgIpc) is 4.02. The second-order valence-electron chi connectivity index (χ2n) is 22.3. The summed E-state index contributed by atoms with van der Waals surface area (Å²) in [5, 5.41) is 13.2. The largest absolute Gasteiger partial charge is 0.463 e. The number of nitrogens with one attached hydrogen (secondary N) is 2. The molecule has 3 aromatic carbocycles. The highest BCUT2D eigenvalue weighted by Gasteiger charge is 2.51. The summed E-state index contributed by atoms with van der Waals surface area (Å²) in [7, 11) is 0. The molecule has 13 nitrogen and oxygen atoms in total. The Morgan fingerprint density at radius 3 is 2.47 bits per heavy atom. The van der Waals surface area contributed by atoms with Gasteiger partial charge in [0.05, 0.1) is 35.2 Å². The smallest absolute Gasteiger partial charge is 0.319 e. The van der Waals surface area contributed by atoms with Gasteiger partial charge < -0.3 is 24.2 Å². The molecule has 4 saturated heterocycles. The third-order valence-electron chi connectivity index (χ3n) is 17.6. The first-order valence-corrected chi connectivity index (χ1v) is 26.8. The van der Waals surface area contributed by atoms with Crippen molar-refractivity contribution in [1.29, 1.82) is 0 Å². The van der Waals surface area contributed by atoms with Gasteiger partial charge in [-0.15, -0.1) is 0 Å². The molecule has 378 valence electrons. The van der Waals surface area contributed by atoms with Crippen molar-refractivity contribution in [1.82, 2.24) is 40.3 Å². The molecule has 6 aliphatic rings. The van der Waals surface area contributed by atoms with Crippen LogP contribution in [0.1, 0.15) is 125 Å². The number of piperidine rings is 4. The number of aryl methyl sites for hydroxylation is 2. The van der Waals surface area contributed by atoms with E-state index in [0.717, 1.165) is 105 Å². The fraction of sp³-hybridized carbons (Fsp3) is 0.544. The van der Waals surface area contributed by atoms with Crippen LogP contribution >= 0.6 is 0 Å². The molecule has 1 spiro atoms. The standard InChI is InChI=1S/C57H67F2N9O4/c1-4-40-45(58)12-9-37-25-34(3)26-43(48(37)40)51-49(59)52-44(30-60-51)53(68-20-6-7-39(31-68)71-5-2)63-55(62-52)72-33-57(16-17-57)32-66-23-18-56(19-24-66)28-38(29-56)67-21-14-35(15-22-67)36-8-10-41-46(27-36)64-65-50(41)42-11-13-47(69)61-54(42)70/h8-10,12,25-27,30,35,38-39,42H,4-7,11,13-24,28-29,31-33H2,1-3H3,(H,64,65)(H,61,69,70). The number of amides is 2. The van der Waals surface area contributed by atoms with Gasteiger partial charge in [0.15, 0.2) is 5.82 Å². The molecule has 4 aliphatic heterocycles. The summed E-state index contributed by atoms with van der Waals surface area (Å²) in [4.78, 5) is 46.5. The van der Waals surface area contributed by atoms with Crippen LogP contribution in [0.3, 0.4) is 0 Å². The van der Waals surface area contributed by atoms with E-state index in [4.69, 9.17) is 24.4 Å². The molecule has 12 rings (SSSR count). The van der Waals surface area contributed by atoms with E-state index in [2.05, 4.69) is 48.4 Å². The Morgan fingerprint density at radius 2 is 1.71 bits per heavy atom. The third kappa shape index (κ3) is 8.90. The first-order chi connectivity index (χ1) is 35.0. The number of fused-ring (bicyclic) bond motifs is 3. The second kappa shape index (κ2) is 19.0. The van der Waals surface area contributed by atoms with Crippen molar-refractivity contribution in [2.45, 2.75) is 128 Å². The summed E-state index contributed by atoms with van der Waals surface area (Å²) in [6.07, 6.45) is 14.4. The van der Waals surface area contributed by atoms with Crippen LogP contribution < -0.4 is 15.0 Å². The summed E-state index contributed by atoms with van der Waals surface area (Å²) in [6.45, 7) is 13.8. The predicted octanol–water partition coefficient (Wildman–Crippen LogP) is 9.68. The van der Waals surface area contributed by atoms with Gasteiger partial charge in [0.1, 0.15) is 22.8 Å². The minimum absolute atomic E-state index is 0.0151. The molecule has 0 radical (unpaired) electrons. The van der Waals surface area contributed by atoms with Gasteiger partial charge in [-0.2, -0.15) is 15.1 Å². The van der Waals surface area contributed by atoms with Crippen molar-refractivity contribution in [3.8, 4) is 17.3 Å². The Bertz CT molecular complexity index is 3060. The van der Waals surface area contributed by atoms with Crippen molar-refractivity contribution in [3.05, 3.63) is 82.7 Å². The lowest BCUT2D eigenvalue weighted by atomic mass is 9.59. The number of rotatable bonds is 13. The van der Waals surface area contributed by atoms with Crippen LogP contribution in [0.5, 0.6) is 6.01 Å². The van der Waals surface area contributed by atoms with E-state index >= 15 is 8.78 Å². The summed E-state index contributed by atoms with van der Waals surface area (Å²) >= 11 is 0. The Labute approximate surface area is 419 Å². The monoisotopic (exact) mass is 980 g/mol. The van der Waals surface area contributed by atoms with E-state index in [0.29, 0.717) is 84.1 Å². The molecule has 2 N–H and O–H groups in total. The van der Waals surface area contributed by atoms with Crippen molar-refractivity contribution in [2.24, 2.45) is 10.8 Å². The maximum atomic E-state index is 17.3. The van der Waals surface area contributed by atoms with Crippen molar-refractivity contribution < 1.29 is 27.8 Å². The predicted molar refractivity (Wildman–Crippen MR) is 274 cm³/mol. The number of hydrogen-bond acceptors (Lipinski definition) is 11. The number of carbonyl (C=O) groups excluding carboxylic acids is 2. The van der Waals surface area contributed by atoms with Gasteiger partial charge in [-0.05, 0) is 174 Å². The number of ether oxygens (including phenoxy) is 2. The summed E-state index contributed by atoms with van der Waals surface area (Å²) in [5.41, 5.74) is 5.82. The average molecular weight is 980 g/mol. The zero-order valence-corrected chi connectivity index (χ0v) is 42.0. The fourth-order valence-corrected chi connectivity index (χ4v) is 13.4. The third-order valence-corrected chi connectivity index (χ3v) is 17.6. The van der Waals surface area contributed by atoms with Gasteiger partial charge in [0, 0.05) is 61.3 Å². The lowest BCUT2D eigenvalue weighted by molar-refractivity contribution is -0.134. The first kappa shape index (κ1) is 47.4. The molecule has 2 atom stereocenters. The van der Waals surface area contributed by atoms with E-state index < -0.39 is 5.82 Å². The normalized spacial score (nSPS) is 23.0. The van der Waals surface area contributed by atoms with Gasteiger partial charge in [-0.1, -0.05) is 31.2 Å². The van der Waals surface area contributed by atoms with Crippen LogP contribution in [0.2, 0.25) is 0 Å². The molecule has 3 aromatic heterocycles. The number of pyridine rings is 1. The highest BCUT2D eigenvalue weighted by molar-refractivity contribution is 6.03. The van der Waals surface area contributed by atoms with Gasteiger partial charge in [-0.3, -0.25) is 25.0 Å². The molecule has 2 amide bonds. The Balaban J connectivity index is 0.686. The lowest BCUT2D eigenvalue weighted by Gasteiger charge is -2.56. The minimum atomic E-state index is -0.559. The maximum absolute atomic E-state index is 17.3. The van der Waals surface area contributed by atoms with E-state index in [1.807, 2.05) is 32.9 Å². The topological polar surface area (TPSA) is 142 Å². The molecule has 2 saturated carbocycles. The molecule has 72 heavy (non-hydrogen) atoms. The van der Waals surface area contributed by atoms with Crippen LogP contribution in [-0.4, -0.2) is 118 Å². The number of aromatic nitrogens is 5. The number of nitrogens with zero attached hydrogens (tertiary/aromatic N) is 7. The number of hydrogen-bond donors (Lipinski definition) is 2. The van der Waals surface area contributed by atoms with Crippen LogP contribution in [0, 0.1) is 29.4 Å². The van der Waals surface area contributed by atoms with Crippen molar-refractivity contribution in [3.63, 3.8) is 0 Å². The van der Waals surface area contributed by atoms with Crippen molar-refractivity contribution >= 4 is 50.2 Å². The minimum Gasteiger partial charge on any atom is -0.463 e. The summed E-state index contributed by atoms with van der Waals surface area (Å²) in [6, 6.07) is 14.5. The lowest BCUT2D eigenvalue weighted by Crippen LogP contribution is -2.56. The fourth-order valence-electron chi connectivity index (χ4n) is 13.4. The molecule has 2 aliphatic carbocycles. The highest BCUT2D eigenvalue weighted by Crippen LogP contribution is 2.53. The quantitative estimate of drug-likeness (QED) is 0.107. The Hall–Kier alpha value is -5.64. The van der Waals surface area contributed by atoms with Crippen molar-refractivity contribution in [2.75, 3.05) is 63.9 Å². The van der Waals surface area contributed by atoms with Gasteiger partial charge >= 0.3 is 6.01 Å². The summed E-state index contributed by atoms with van der Waals surface area (Å²) < 4.78 is 45.3. The first-order valence-electron chi connectivity index (χ1n) is 26.8. The number of benzene rings is 3. The van der Waals surface area contributed by atoms with Gasteiger partial charge in [0.2, 0.25) is 11.8 Å². The number of carbonyl (C=O) groups is 2. The molecule has 0 bridgehead atoms. The molecular formula is C57H67F2N9O4. The number of H-pyrrole nitrogens is 1. The Morgan fingerprint density at radius 1 is 0.889 bits per heavy atom. The molecule has 2 unspecified atom stereocenters. The molecule has 6 aromatic rings. The van der Waals surface area contributed by atoms with E-state index in [1.165, 1.54) is 37.3 Å². The van der Waals surface area contributed by atoms with Gasteiger partial charge in [-0.25, -0.2) is 8.78 Å². The SMILES string of the molecule is CCOC1CCCN(c2nc(OCC3(CN4CCC5(CC4)CC(N4CCC(c6ccc7c(C8CCC(=O)NC8=O)[nH]nc7c6)CC4)C5)CC3)nc3c(F)c(-c4cc(C)cc5ccc(F)c(CC)c45)ncc23)C1. The number of imide groups is 1. The van der Waals surface area contributed by atoms with E-state index in [9.17, 15) is 9.59 Å². The second-order valence-corrected chi connectivity index (χ2v) is 22.3. The van der Waals surface area contributed by atoms with E-state index in [-0.39, 0.29) is 52.3 Å². The molecule has 15 heteroatoms. The zero-order valence-electron chi connectivity index (χ0n) is 42.0. The van der Waals surface area contributed by atoms with Crippen LogP contribution in [0.25, 0.3) is 43.8 Å². The molecule has 7 heterocycles. The number of likely N-dealkylation sites (tertiary alicyclic amines) is 2. The van der Waals surface area contributed by atoms with Gasteiger partial charge in [0.25, 0.3) is 0 Å². The maximum Gasteiger partial charge on any atom is 0.319 e. The van der Waals surface area contributed by atoms with Crippen LogP contribution in [0.4, 0.5) is 14.6 Å². The molecule has 6 fully saturated rings. The highest BCUT2D eigenvalue weighted by atomic mass is 19.1. The molecular weight excluding hydrogens is 913 g/mol.